The number of esters is 1. The van der Waals surface area contributed by atoms with E-state index in [2.05, 4.69) is 13.8 Å². The van der Waals surface area contributed by atoms with Crippen molar-refractivity contribution in [3.05, 3.63) is 0 Å². The first-order valence-corrected chi connectivity index (χ1v) is 21.6. The summed E-state index contributed by atoms with van der Waals surface area (Å²) in [6, 6.07) is 0. The first kappa shape index (κ1) is 41.7. The molecule has 8 rings (SSSR count). The number of hydrogen-bond donors (Lipinski definition) is 6. The van der Waals surface area contributed by atoms with E-state index < -0.39 is 90.4 Å². The summed E-state index contributed by atoms with van der Waals surface area (Å²) >= 11 is 0. The van der Waals surface area contributed by atoms with Gasteiger partial charge >= 0.3 is 5.97 Å². The van der Waals surface area contributed by atoms with E-state index in [0.29, 0.717) is 31.8 Å². The Hall–Kier alpha value is -1.01. The lowest BCUT2D eigenvalue weighted by Crippen LogP contribution is -2.67. The smallest absolute Gasteiger partial charge is 0.306 e. The standard InChI is InChI=1S/C42H68O14/c1-20-36(48)29(43)16-35(51-20)54-37-22(3)55-40(5,18-31(37)45)56-38-21(2)52-34(17-30(38)44)53-25-9-11-39(4)24(14-25)7-8-27-28(39)15-32(46)41(6)26(10-12-42(27,41)49)23-13-33(47)50-19-23/h20-32,34-38,43-46,48-49H,7-19H2,1-6H3/t20-,21-,22-,23-,24-,25+,26-,27-,28+,29+,30+,31+,32-,34+,35+,36-,37-,38-,39+,40+,41+,42+/m1/s1. The third kappa shape index (κ3) is 7.01. The van der Waals surface area contributed by atoms with E-state index in [1.165, 1.54) is 0 Å². The molecule has 8 aliphatic rings. The summed E-state index contributed by atoms with van der Waals surface area (Å²) in [7, 11) is 0. The number of cyclic esters (lactones) is 1. The summed E-state index contributed by atoms with van der Waals surface area (Å²) in [4.78, 5) is 12.0. The van der Waals surface area contributed by atoms with Gasteiger partial charge in [0.1, 0.15) is 18.3 Å². The number of aliphatic hydroxyl groups excluding tert-OH is 5. The molecule has 0 unspecified atom stereocenters. The summed E-state index contributed by atoms with van der Waals surface area (Å²) in [5.41, 5.74) is -1.68. The van der Waals surface area contributed by atoms with E-state index in [-0.39, 0.29) is 60.4 Å². The van der Waals surface area contributed by atoms with E-state index in [4.69, 9.17) is 33.2 Å². The molecule has 0 aromatic heterocycles. The molecule has 0 radical (unpaired) electrons. The number of hydrogen-bond acceptors (Lipinski definition) is 14. The molecule has 0 amide bonds. The Labute approximate surface area is 330 Å². The quantitative estimate of drug-likeness (QED) is 0.162. The monoisotopic (exact) mass is 796 g/mol. The van der Waals surface area contributed by atoms with Gasteiger partial charge in [-0.25, -0.2) is 0 Å². The average Bonchev–Trinajstić information content (AvgIpc) is 3.67. The molecule has 4 saturated heterocycles. The molecule has 8 fully saturated rings. The molecule has 22 atom stereocenters. The van der Waals surface area contributed by atoms with Crippen molar-refractivity contribution in [3.8, 4) is 0 Å². The molecule has 320 valence electrons. The average molecular weight is 797 g/mol. The Morgan fingerprint density at radius 3 is 2.11 bits per heavy atom. The minimum Gasteiger partial charge on any atom is -0.465 e. The Morgan fingerprint density at radius 2 is 1.43 bits per heavy atom. The lowest BCUT2D eigenvalue weighted by atomic mass is 9.42. The van der Waals surface area contributed by atoms with Crippen molar-refractivity contribution < 1.29 is 68.6 Å². The molecule has 0 spiro atoms. The number of rotatable bonds is 7. The highest BCUT2D eigenvalue weighted by atomic mass is 16.8. The Morgan fingerprint density at radius 1 is 0.714 bits per heavy atom. The molecule has 0 aromatic rings. The molecule has 56 heavy (non-hydrogen) atoms. The fourth-order valence-electron chi connectivity index (χ4n) is 13.5. The van der Waals surface area contributed by atoms with Gasteiger partial charge < -0.3 is 63.8 Å². The molecule has 0 aromatic carbocycles. The van der Waals surface area contributed by atoms with E-state index in [1.54, 1.807) is 20.8 Å². The van der Waals surface area contributed by atoms with Gasteiger partial charge in [-0.2, -0.15) is 0 Å². The van der Waals surface area contributed by atoms with Gasteiger partial charge in [0.05, 0.1) is 67.5 Å². The zero-order valence-corrected chi connectivity index (χ0v) is 34.0. The summed E-state index contributed by atoms with van der Waals surface area (Å²) in [6.45, 7) is 11.8. The highest BCUT2D eigenvalue weighted by Crippen LogP contribution is 2.70. The van der Waals surface area contributed by atoms with Crippen LogP contribution >= 0.6 is 0 Å². The summed E-state index contributed by atoms with van der Waals surface area (Å²) in [5, 5.41) is 67.3. The number of carbonyl (C=O) groups is 1. The summed E-state index contributed by atoms with van der Waals surface area (Å²) in [5.74, 6) is -0.640. The Balaban J connectivity index is 0.847. The SMILES string of the molecule is C[C@H]1O[C@@H](O[C@H]2[C@@H](O)C[C@](C)(O[C@H]3[C@@H](O)C[C@H](O[C@H]4CC[C@@]5(C)[C@H](CC[C@@H]6[C@@H]5C[C@@H](O)[C@]5(C)[C@@H]([C@H]7COC(=O)C7)CC[C@]65O)C4)O[C@@H]3C)O[C@@H]2C)C[C@H](O)[C@@H]1O. The minimum atomic E-state index is -1.24. The second-order valence-corrected chi connectivity index (χ2v) is 19.8. The normalized spacial score (nSPS) is 57.5. The molecule has 4 saturated carbocycles. The predicted molar refractivity (Wildman–Crippen MR) is 197 cm³/mol. The van der Waals surface area contributed by atoms with Crippen molar-refractivity contribution in [2.24, 2.45) is 40.4 Å². The van der Waals surface area contributed by atoms with Crippen LogP contribution in [0.4, 0.5) is 0 Å². The van der Waals surface area contributed by atoms with Gasteiger partial charge in [-0.15, -0.1) is 0 Å². The largest absolute Gasteiger partial charge is 0.465 e. The molecular formula is C42H68O14. The van der Waals surface area contributed by atoms with Crippen LogP contribution in [0, 0.1) is 40.4 Å². The second kappa shape index (κ2) is 15.2. The van der Waals surface area contributed by atoms with Crippen LogP contribution in [-0.2, 0) is 38.0 Å². The molecular weight excluding hydrogens is 728 g/mol. The number of ether oxygens (including phenoxy) is 7. The van der Waals surface area contributed by atoms with Crippen LogP contribution in [-0.4, -0.2) is 134 Å². The molecule has 4 aliphatic carbocycles. The van der Waals surface area contributed by atoms with Crippen LogP contribution in [0.25, 0.3) is 0 Å². The maximum Gasteiger partial charge on any atom is 0.306 e. The first-order valence-electron chi connectivity index (χ1n) is 21.6. The second-order valence-electron chi connectivity index (χ2n) is 19.8. The topological polar surface area (TPSA) is 203 Å². The van der Waals surface area contributed by atoms with Gasteiger partial charge in [-0.05, 0) is 108 Å². The predicted octanol–water partition coefficient (Wildman–Crippen LogP) is 2.69. The fourth-order valence-corrected chi connectivity index (χ4v) is 13.5. The zero-order valence-electron chi connectivity index (χ0n) is 34.0. The van der Waals surface area contributed by atoms with Crippen LogP contribution in [0.5, 0.6) is 0 Å². The number of fused-ring (bicyclic) bond motifs is 5. The van der Waals surface area contributed by atoms with Crippen molar-refractivity contribution in [2.45, 2.75) is 210 Å². The minimum absolute atomic E-state index is 0.0443. The summed E-state index contributed by atoms with van der Waals surface area (Å²) in [6.07, 6.45) is -1.91. The van der Waals surface area contributed by atoms with Crippen molar-refractivity contribution in [2.75, 3.05) is 6.61 Å². The van der Waals surface area contributed by atoms with E-state index >= 15 is 0 Å². The Kier molecular flexibility index (Phi) is 11.3. The maximum atomic E-state index is 12.6. The molecule has 14 heteroatoms. The lowest BCUT2D eigenvalue weighted by molar-refractivity contribution is -0.370. The van der Waals surface area contributed by atoms with Gasteiger partial charge in [-0.3, -0.25) is 4.79 Å². The van der Waals surface area contributed by atoms with Crippen LogP contribution in [0.3, 0.4) is 0 Å². The molecule has 4 aliphatic heterocycles. The van der Waals surface area contributed by atoms with Gasteiger partial charge in [0.2, 0.25) is 0 Å². The number of aliphatic hydroxyl groups is 6. The van der Waals surface area contributed by atoms with Crippen LogP contribution in [0.2, 0.25) is 0 Å². The van der Waals surface area contributed by atoms with Gasteiger partial charge in [0.15, 0.2) is 18.4 Å². The third-order valence-electron chi connectivity index (χ3n) is 16.6. The highest BCUT2D eigenvalue weighted by Gasteiger charge is 2.71. The Bertz CT molecular complexity index is 1400. The van der Waals surface area contributed by atoms with Crippen molar-refractivity contribution in [3.63, 3.8) is 0 Å². The van der Waals surface area contributed by atoms with Crippen molar-refractivity contribution in [1.29, 1.82) is 0 Å². The van der Waals surface area contributed by atoms with E-state index in [9.17, 15) is 35.4 Å². The lowest BCUT2D eigenvalue weighted by Gasteiger charge is -2.65. The zero-order chi connectivity index (χ0) is 40.1. The van der Waals surface area contributed by atoms with Crippen molar-refractivity contribution >= 4 is 5.97 Å². The van der Waals surface area contributed by atoms with Crippen LogP contribution < -0.4 is 0 Å². The van der Waals surface area contributed by atoms with Gasteiger partial charge in [0, 0.05) is 30.6 Å². The van der Waals surface area contributed by atoms with Gasteiger partial charge in [0.25, 0.3) is 0 Å². The maximum absolute atomic E-state index is 12.6. The first-order chi connectivity index (χ1) is 26.3. The highest BCUT2D eigenvalue weighted by molar-refractivity contribution is 5.71. The van der Waals surface area contributed by atoms with Crippen LogP contribution in [0.1, 0.15) is 119 Å². The van der Waals surface area contributed by atoms with Crippen molar-refractivity contribution in [1.82, 2.24) is 0 Å². The molecule has 4 heterocycles. The fraction of sp³-hybridized carbons (Fsp3) is 0.976. The number of carbonyl (C=O) groups excluding carboxylic acids is 1. The third-order valence-corrected chi connectivity index (χ3v) is 16.6. The van der Waals surface area contributed by atoms with Gasteiger partial charge in [-0.1, -0.05) is 13.8 Å². The van der Waals surface area contributed by atoms with E-state index in [1.807, 2.05) is 6.92 Å². The molecule has 6 N–H and O–H groups in total. The van der Waals surface area contributed by atoms with Crippen LogP contribution in [0.15, 0.2) is 0 Å². The molecule has 0 bridgehead atoms. The molecule has 14 nitrogen and oxygen atoms in total. The van der Waals surface area contributed by atoms with E-state index in [0.717, 1.165) is 38.5 Å². The summed E-state index contributed by atoms with van der Waals surface area (Å²) < 4.78 is 42.7.